The lowest BCUT2D eigenvalue weighted by Gasteiger charge is -2.22. The second kappa shape index (κ2) is 9.23. The molecule has 5 nitrogen and oxygen atoms in total. The van der Waals surface area contributed by atoms with Gasteiger partial charge in [-0.1, -0.05) is 12.1 Å². The van der Waals surface area contributed by atoms with Crippen molar-refractivity contribution < 1.29 is 0 Å². The first-order chi connectivity index (χ1) is 10.8. The molecule has 2 rings (SSSR count). The smallest absolute Gasteiger partial charge is 0.243 e. The molecule has 0 atom stereocenters. The zero-order valence-electron chi connectivity index (χ0n) is 12.0. The van der Waals surface area contributed by atoms with Crippen LogP contribution in [0.5, 0.6) is 0 Å². The van der Waals surface area contributed by atoms with Crippen LogP contribution in [0.15, 0.2) is 47.8 Å². The number of anilines is 2. The van der Waals surface area contributed by atoms with Crippen LogP contribution in [-0.4, -0.2) is 41.0 Å². The minimum atomic E-state index is 0.464. The van der Waals surface area contributed by atoms with Crippen molar-refractivity contribution in [2.45, 2.75) is 0 Å². The van der Waals surface area contributed by atoms with Gasteiger partial charge in [0.05, 0.1) is 6.21 Å². The van der Waals surface area contributed by atoms with Crippen LogP contribution >= 0.6 is 23.2 Å². The first kappa shape index (κ1) is 16.5. The molecule has 1 N–H and O–H groups in total. The first-order valence-electron chi connectivity index (χ1n) is 6.86. The Labute approximate surface area is 140 Å². The molecule has 2 aromatic rings. The Hall–Kier alpha value is -1.85. The van der Waals surface area contributed by atoms with E-state index in [9.17, 15) is 0 Å². The van der Waals surface area contributed by atoms with E-state index in [0.717, 1.165) is 24.3 Å². The number of nitrogens with one attached hydrogen (secondary N) is 1. The van der Waals surface area contributed by atoms with Crippen molar-refractivity contribution in [1.82, 2.24) is 9.97 Å². The highest BCUT2D eigenvalue weighted by atomic mass is 35.5. The molecule has 0 fully saturated rings. The topological polar surface area (TPSA) is 53.4 Å². The minimum absolute atomic E-state index is 0.464. The summed E-state index contributed by atoms with van der Waals surface area (Å²) in [5.74, 6) is 1.60. The molecule has 116 valence electrons. The van der Waals surface area contributed by atoms with E-state index >= 15 is 0 Å². The highest BCUT2D eigenvalue weighted by Crippen LogP contribution is 2.15. The Balaban J connectivity index is 1.96. The number of hydrazone groups is 1. The average Bonchev–Trinajstić information content (AvgIpc) is 2.56. The summed E-state index contributed by atoms with van der Waals surface area (Å²) in [4.78, 5) is 10.2. The van der Waals surface area contributed by atoms with Gasteiger partial charge in [-0.05, 0) is 23.8 Å². The van der Waals surface area contributed by atoms with Crippen molar-refractivity contribution in [2.75, 3.05) is 35.2 Å². The fourth-order valence-electron chi connectivity index (χ4n) is 1.87. The third kappa shape index (κ3) is 5.16. The highest BCUT2D eigenvalue weighted by molar-refractivity contribution is 6.18. The predicted molar refractivity (Wildman–Crippen MR) is 93.3 cm³/mol. The number of aromatic nitrogens is 2. The van der Waals surface area contributed by atoms with Gasteiger partial charge in [0.1, 0.15) is 0 Å². The molecule has 1 aromatic heterocycles. The maximum Gasteiger partial charge on any atom is 0.243 e. The van der Waals surface area contributed by atoms with E-state index in [4.69, 9.17) is 23.2 Å². The van der Waals surface area contributed by atoms with Crippen LogP contribution in [0.2, 0.25) is 0 Å². The van der Waals surface area contributed by atoms with Gasteiger partial charge in [0.15, 0.2) is 0 Å². The maximum atomic E-state index is 5.81. The summed E-state index contributed by atoms with van der Waals surface area (Å²) in [5, 5.41) is 4.10. The van der Waals surface area contributed by atoms with Gasteiger partial charge < -0.3 is 4.90 Å². The van der Waals surface area contributed by atoms with Gasteiger partial charge in [-0.25, -0.2) is 15.4 Å². The van der Waals surface area contributed by atoms with Crippen LogP contribution < -0.4 is 10.3 Å². The minimum Gasteiger partial charge on any atom is -0.369 e. The van der Waals surface area contributed by atoms with Gasteiger partial charge >= 0.3 is 0 Å². The number of hydrogen-bond donors (Lipinski definition) is 1. The summed E-state index contributed by atoms with van der Waals surface area (Å²) >= 11 is 11.6. The molecule has 0 amide bonds. The molecule has 0 unspecified atom stereocenters. The number of benzene rings is 1. The second-order valence-corrected chi connectivity index (χ2v) is 5.15. The van der Waals surface area contributed by atoms with E-state index in [1.807, 2.05) is 24.3 Å². The van der Waals surface area contributed by atoms with Crippen molar-refractivity contribution >= 4 is 41.1 Å². The number of rotatable bonds is 8. The fourth-order valence-corrected chi connectivity index (χ4v) is 2.27. The number of nitrogens with zero attached hydrogens (tertiary/aromatic N) is 4. The fraction of sp³-hybridized carbons (Fsp3) is 0.267. The summed E-state index contributed by atoms with van der Waals surface area (Å²) < 4.78 is 0. The van der Waals surface area contributed by atoms with Crippen LogP contribution in [0.4, 0.5) is 11.6 Å². The Morgan fingerprint density at radius 1 is 1.05 bits per heavy atom. The first-order valence-corrected chi connectivity index (χ1v) is 7.93. The van der Waals surface area contributed by atoms with E-state index in [1.165, 1.54) is 0 Å². The largest absolute Gasteiger partial charge is 0.369 e. The molecule has 0 aliphatic rings. The number of halogens is 2. The van der Waals surface area contributed by atoms with Gasteiger partial charge in [0, 0.05) is 42.9 Å². The molecule has 0 saturated carbocycles. The quantitative estimate of drug-likeness (QED) is 0.456. The van der Waals surface area contributed by atoms with Crippen LogP contribution in [0.1, 0.15) is 5.56 Å². The summed E-state index contributed by atoms with van der Waals surface area (Å²) in [6.45, 7) is 1.54. The van der Waals surface area contributed by atoms with E-state index in [0.29, 0.717) is 17.7 Å². The summed E-state index contributed by atoms with van der Waals surface area (Å²) in [5.41, 5.74) is 4.84. The summed E-state index contributed by atoms with van der Waals surface area (Å²) in [6.07, 6.45) is 5.03. The monoisotopic (exact) mass is 337 g/mol. The van der Waals surface area contributed by atoms with Crippen molar-refractivity contribution in [3.8, 4) is 0 Å². The molecule has 1 heterocycles. The Bertz CT molecular complexity index is 568. The molecule has 0 saturated heterocycles. The molecular formula is C15H17Cl2N5. The lowest BCUT2D eigenvalue weighted by atomic mass is 10.2. The molecule has 0 spiro atoms. The summed E-state index contributed by atoms with van der Waals surface area (Å²) in [6, 6.07) is 9.78. The Morgan fingerprint density at radius 2 is 1.68 bits per heavy atom. The van der Waals surface area contributed by atoms with E-state index in [1.54, 1.807) is 24.7 Å². The zero-order valence-corrected chi connectivity index (χ0v) is 13.5. The lowest BCUT2D eigenvalue weighted by Crippen LogP contribution is -2.27. The van der Waals surface area contributed by atoms with Gasteiger partial charge in [-0.15, -0.1) is 23.2 Å². The van der Waals surface area contributed by atoms with Crippen LogP contribution in [0, 0.1) is 0 Å². The van der Waals surface area contributed by atoms with Gasteiger partial charge in [-0.2, -0.15) is 5.10 Å². The molecule has 22 heavy (non-hydrogen) atoms. The van der Waals surface area contributed by atoms with Crippen molar-refractivity contribution in [1.29, 1.82) is 0 Å². The Kier molecular flexibility index (Phi) is 6.93. The van der Waals surface area contributed by atoms with Gasteiger partial charge in [0.25, 0.3) is 0 Å². The summed E-state index contributed by atoms with van der Waals surface area (Å²) in [7, 11) is 0. The Morgan fingerprint density at radius 3 is 2.27 bits per heavy atom. The normalized spacial score (nSPS) is 10.8. The molecule has 0 aliphatic heterocycles. The third-order valence-corrected chi connectivity index (χ3v) is 3.25. The van der Waals surface area contributed by atoms with Crippen molar-refractivity contribution in [3.05, 3.63) is 48.3 Å². The van der Waals surface area contributed by atoms with Crippen LogP contribution in [0.3, 0.4) is 0 Å². The molecule has 7 heteroatoms. The molecule has 0 aliphatic carbocycles. The SMILES string of the molecule is ClCCN(CCCl)c1ccc(/C=N/Nc2ncccn2)cc1. The zero-order chi connectivity index (χ0) is 15.6. The highest BCUT2D eigenvalue weighted by Gasteiger charge is 2.04. The number of alkyl halides is 2. The van der Waals surface area contributed by atoms with E-state index in [-0.39, 0.29) is 0 Å². The van der Waals surface area contributed by atoms with Gasteiger partial charge in [-0.3, -0.25) is 0 Å². The van der Waals surface area contributed by atoms with E-state index in [2.05, 4.69) is 25.4 Å². The lowest BCUT2D eigenvalue weighted by molar-refractivity contribution is 0.874. The molecule has 0 radical (unpaired) electrons. The maximum absolute atomic E-state index is 5.81. The van der Waals surface area contributed by atoms with E-state index < -0.39 is 0 Å². The van der Waals surface area contributed by atoms with Gasteiger partial charge in [0.2, 0.25) is 5.95 Å². The molecular weight excluding hydrogens is 321 g/mol. The number of hydrogen-bond acceptors (Lipinski definition) is 5. The predicted octanol–water partition coefficient (Wildman–Crippen LogP) is 3.21. The second-order valence-electron chi connectivity index (χ2n) is 4.40. The third-order valence-electron chi connectivity index (χ3n) is 2.91. The molecule has 0 bridgehead atoms. The molecule has 1 aromatic carbocycles. The van der Waals surface area contributed by atoms with Crippen molar-refractivity contribution in [3.63, 3.8) is 0 Å². The standard InChI is InChI=1S/C15H17Cl2N5/c16-6-10-22(11-7-17)14-4-2-13(3-5-14)12-20-21-15-18-8-1-9-19-15/h1-5,8-9,12H,6-7,10-11H2,(H,18,19,21)/b20-12+. The average molecular weight is 338 g/mol. The van der Waals surface area contributed by atoms with Crippen LogP contribution in [0.25, 0.3) is 0 Å². The van der Waals surface area contributed by atoms with Crippen molar-refractivity contribution in [2.24, 2.45) is 5.10 Å². The van der Waals surface area contributed by atoms with Crippen LogP contribution in [-0.2, 0) is 0 Å².